The molecule has 0 fully saturated rings. The number of carboxylic acids is 1. The zero-order valence-corrected chi connectivity index (χ0v) is 11.5. The molecule has 7 heteroatoms. The zero-order chi connectivity index (χ0) is 14.4. The molecule has 7 nitrogen and oxygen atoms in total. The predicted octanol–water partition coefficient (Wildman–Crippen LogP) is 0.554. The second-order valence-electron chi connectivity index (χ2n) is 4.63. The van der Waals surface area contributed by atoms with Crippen LogP contribution in [-0.4, -0.2) is 51.9 Å². The molecule has 1 aromatic rings. The maximum absolute atomic E-state index is 11.7. The number of rotatable bonds is 6. The highest BCUT2D eigenvalue weighted by Crippen LogP contribution is 1.98. The van der Waals surface area contributed by atoms with Crippen LogP contribution in [0, 0.1) is 12.8 Å². The largest absolute Gasteiger partial charge is 0.481 e. The highest BCUT2D eigenvalue weighted by atomic mass is 16.4. The van der Waals surface area contributed by atoms with Gasteiger partial charge in [-0.25, -0.2) is 4.79 Å². The fraction of sp³-hybridized carbons (Fsp3) is 0.583. The number of urea groups is 1. The molecule has 106 valence electrons. The molecule has 0 radical (unpaired) electrons. The molecule has 0 saturated carbocycles. The highest BCUT2D eigenvalue weighted by Gasteiger charge is 2.16. The summed E-state index contributed by atoms with van der Waals surface area (Å²) in [6.45, 7) is 4.73. The molecule has 1 unspecified atom stereocenters. The number of aromatic nitrogens is 2. The molecule has 0 bridgehead atoms. The molecule has 2 amide bonds. The maximum atomic E-state index is 11.7. The molecule has 0 aliphatic heterocycles. The predicted molar refractivity (Wildman–Crippen MR) is 69.8 cm³/mol. The summed E-state index contributed by atoms with van der Waals surface area (Å²) in [5.74, 6) is -1.49. The van der Waals surface area contributed by atoms with Gasteiger partial charge in [-0.1, -0.05) is 6.92 Å². The Labute approximate surface area is 112 Å². The fourth-order valence-corrected chi connectivity index (χ4v) is 1.57. The molecule has 1 heterocycles. The van der Waals surface area contributed by atoms with Gasteiger partial charge >= 0.3 is 12.0 Å². The molecule has 1 atom stereocenters. The molecular formula is C12H20N4O3. The van der Waals surface area contributed by atoms with Gasteiger partial charge in [0.1, 0.15) is 0 Å². The van der Waals surface area contributed by atoms with E-state index in [1.54, 1.807) is 24.9 Å². The van der Waals surface area contributed by atoms with Crippen molar-refractivity contribution in [3.63, 3.8) is 0 Å². The van der Waals surface area contributed by atoms with Crippen molar-refractivity contribution < 1.29 is 14.7 Å². The van der Waals surface area contributed by atoms with Gasteiger partial charge in [-0.2, -0.15) is 5.10 Å². The highest BCUT2D eigenvalue weighted by molar-refractivity contribution is 5.75. The molecule has 0 saturated heterocycles. The normalized spacial score (nSPS) is 11.9. The summed E-state index contributed by atoms with van der Waals surface area (Å²) in [4.78, 5) is 23.7. The number of carboxylic acid groups (broad SMARTS) is 1. The van der Waals surface area contributed by atoms with Crippen molar-refractivity contribution in [1.29, 1.82) is 0 Å². The van der Waals surface area contributed by atoms with E-state index in [1.165, 1.54) is 4.90 Å². The molecule has 0 aliphatic carbocycles. The Morgan fingerprint density at radius 3 is 2.79 bits per heavy atom. The topological polar surface area (TPSA) is 87.5 Å². The Morgan fingerprint density at radius 1 is 1.58 bits per heavy atom. The van der Waals surface area contributed by atoms with Crippen LogP contribution < -0.4 is 5.32 Å². The van der Waals surface area contributed by atoms with Crippen LogP contribution in [-0.2, 0) is 11.3 Å². The van der Waals surface area contributed by atoms with Gasteiger partial charge in [-0.3, -0.25) is 9.48 Å². The quantitative estimate of drug-likeness (QED) is 0.789. The third-order valence-corrected chi connectivity index (χ3v) is 2.70. The summed E-state index contributed by atoms with van der Waals surface area (Å²) >= 11 is 0. The van der Waals surface area contributed by atoms with Crippen molar-refractivity contribution in [2.24, 2.45) is 5.92 Å². The lowest BCUT2D eigenvalue weighted by atomic mass is 10.2. The maximum Gasteiger partial charge on any atom is 0.317 e. The van der Waals surface area contributed by atoms with Crippen LogP contribution in [0.25, 0.3) is 0 Å². The van der Waals surface area contributed by atoms with Crippen molar-refractivity contribution in [3.8, 4) is 0 Å². The monoisotopic (exact) mass is 268 g/mol. The Hall–Kier alpha value is -2.05. The van der Waals surface area contributed by atoms with Crippen molar-refractivity contribution >= 4 is 12.0 Å². The average molecular weight is 268 g/mol. The van der Waals surface area contributed by atoms with Crippen LogP contribution in [0.1, 0.15) is 12.5 Å². The van der Waals surface area contributed by atoms with Crippen LogP contribution in [0.2, 0.25) is 0 Å². The minimum atomic E-state index is -0.910. The van der Waals surface area contributed by atoms with Gasteiger partial charge in [0.2, 0.25) is 0 Å². The number of amides is 2. The first kappa shape index (κ1) is 15.0. The summed E-state index contributed by atoms with van der Waals surface area (Å²) < 4.78 is 1.75. The van der Waals surface area contributed by atoms with E-state index in [0.717, 1.165) is 5.56 Å². The van der Waals surface area contributed by atoms with Gasteiger partial charge < -0.3 is 15.3 Å². The number of aryl methyl sites for hydroxylation is 1. The Bertz CT molecular complexity index is 444. The van der Waals surface area contributed by atoms with E-state index < -0.39 is 11.9 Å². The van der Waals surface area contributed by atoms with Gasteiger partial charge in [0.25, 0.3) is 0 Å². The number of hydrogen-bond donors (Lipinski definition) is 2. The van der Waals surface area contributed by atoms with E-state index in [0.29, 0.717) is 13.1 Å². The van der Waals surface area contributed by atoms with Gasteiger partial charge in [0.15, 0.2) is 0 Å². The minimum Gasteiger partial charge on any atom is -0.481 e. The summed E-state index contributed by atoms with van der Waals surface area (Å²) in [5.41, 5.74) is 1.07. The molecular weight excluding hydrogens is 248 g/mol. The van der Waals surface area contributed by atoms with Crippen LogP contribution in [0.3, 0.4) is 0 Å². The van der Waals surface area contributed by atoms with Crippen molar-refractivity contribution in [2.75, 3.05) is 20.1 Å². The molecule has 1 rings (SSSR count). The van der Waals surface area contributed by atoms with E-state index >= 15 is 0 Å². The number of hydrogen-bond acceptors (Lipinski definition) is 3. The molecule has 1 aromatic heterocycles. The lowest BCUT2D eigenvalue weighted by molar-refractivity contribution is -0.141. The second kappa shape index (κ2) is 6.77. The third-order valence-electron chi connectivity index (χ3n) is 2.70. The van der Waals surface area contributed by atoms with Crippen molar-refractivity contribution in [1.82, 2.24) is 20.0 Å². The standard InChI is InChI=1S/C12H20N4O3/c1-9-6-14-16(7-9)5-4-13-12(19)15(3)8-10(2)11(17)18/h6-7,10H,4-5,8H2,1-3H3,(H,13,19)(H,17,18). The van der Waals surface area contributed by atoms with Crippen LogP contribution in [0.4, 0.5) is 4.79 Å². The number of carbonyl (C=O) groups excluding carboxylic acids is 1. The van der Waals surface area contributed by atoms with E-state index in [-0.39, 0.29) is 12.6 Å². The lowest BCUT2D eigenvalue weighted by Crippen LogP contribution is -2.41. The smallest absolute Gasteiger partial charge is 0.317 e. The Balaban J connectivity index is 2.28. The molecule has 2 N–H and O–H groups in total. The van der Waals surface area contributed by atoms with E-state index in [4.69, 9.17) is 5.11 Å². The van der Waals surface area contributed by atoms with Crippen molar-refractivity contribution in [2.45, 2.75) is 20.4 Å². The van der Waals surface area contributed by atoms with Crippen LogP contribution in [0.5, 0.6) is 0 Å². The number of nitrogens with one attached hydrogen (secondary N) is 1. The summed E-state index contributed by atoms with van der Waals surface area (Å²) in [6.07, 6.45) is 3.64. The SMILES string of the molecule is Cc1cnn(CCNC(=O)N(C)CC(C)C(=O)O)c1. The van der Waals surface area contributed by atoms with Gasteiger partial charge in [0, 0.05) is 26.3 Å². The molecule has 0 spiro atoms. The Kier molecular flexibility index (Phi) is 5.35. The van der Waals surface area contributed by atoms with Gasteiger partial charge in [-0.05, 0) is 12.5 Å². The van der Waals surface area contributed by atoms with Crippen molar-refractivity contribution in [3.05, 3.63) is 18.0 Å². The third kappa shape index (κ3) is 4.99. The summed E-state index contributed by atoms with van der Waals surface area (Å²) in [5, 5.41) is 15.6. The first-order chi connectivity index (χ1) is 8.90. The summed E-state index contributed by atoms with van der Waals surface area (Å²) in [6, 6.07) is -0.281. The first-order valence-corrected chi connectivity index (χ1v) is 6.11. The minimum absolute atomic E-state index is 0.183. The van der Waals surface area contributed by atoms with E-state index in [1.807, 2.05) is 13.1 Å². The molecule has 0 aliphatic rings. The molecule has 0 aromatic carbocycles. The number of nitrogens with zero attached hydrogens (tertiary/aromatic N) is 3. The average Bonchev–Trinajstić information content (AvgIpc) is 2.74. The lowest BCUT2D eigenvalue weighted by Gasteiger charge is -2.19. The second-order valence-corrected chi connectivity index (χ2v) is 4.63. The van der Waals surface area contributed by atoms with Crippen LogP contribution >= 0.6 is 0 Å². The summed E-state index contributed by atoms with van der Waals surface area (Å²) in [7, 11) is 1.58. The zero-order valence-electron chi connectivity index (χ0n) is 11.5. The number of aliphatic carboxylic acids is 1. The van der Waals surface area contributed by atoms with E-state index in [9.17, 15) is 9.59 Å². The van der Waals surface area contributed by atoms with Gasteiger partial charge in [0.05, 0.1) is 18.7 Å². The first-order valence-electron chi connectivity index (χ1n) is 6.11. The number of carbonyl (C=O) groups is 2. The Morgan fingerprint density at radius 2 is 2.26 bits per heavy atom. The van der Waals surface area contributed by atoms with Gasteiger partial charge in [-0.15, -0.1) is 0 Å². The van der Waals surface area contributed by atoms with Crippen LogP contribution in [0.15, 0.2) is 12.4 Å². The fourth-order valence-electron chi connectivity index (χ4n) is 1.57. The van der Waals surface area contributed by atoms with E-state index in [2.05, 4.69) is 10.4 Å². The molecule has 19 heavy (non-hydrogen) atoms.